The number of rotatable bonds is 4. The predicted octanol–water partition coefficient (Wildman–Crippen LogP) is 1.84. The Labute approximate surface area is 116 Å². The molecule has 1 aliphatic carbocycles. The average Bonchev–Trinajstić information content (AvgIpc) is 2.82. The molecule has 4 nitrogen and oxygen atoms in total. The molecule has 2 rings (SSSR count). The van der Waals surface area contributed by atoms with E-state index in [9.17, 15) is 4.79 Å². The lowest BCUT2D eigenvalue weighted by atomic mass is 9.86. The molecule has 1 aliphatic heterocycles. The highest BCUT2D eigenvalue weighted by Gasteiger charge is 2.41. The number of hydrogen-bond acceptors (Lipinski definition) is 3. The number of hydrogen-bond donors (Lipinski definition) is 2. The molecular weight excluding hydrogens is 240 g/mol. The Balaban J connectivity index is 1.90. The van der Waals surface area contributed by atoms with Gasteiger partial charge < -0.3 is 15.4 Å². The average molecular weight is 268 g/mol. The predicted molar refractivity (Wildman–Crippen MR) is 76.0 cm³/mol. The molecule has 0 aromatic heterocycles. The topological polar surface area (TPSA) is 50.4 Å². The Morgan fingerprint density at radius 1 is 1.26 bits per heavy atom. The van der Waals surface area contributed by atoms with Crippen molar-refractivity contribution < 1.29 is 9.53 Å². The van der Waals surface area contributed by atoms with Crippen LogP contribution in [-0.4, -0.2) is 38.8 Å². The van der Waals surface area contributed by atoms with Gasteiger partial charge in [0.2, 0.25) is 5.91 Å². The second kappa shape index (κ2) is 7.25. The largest absolute Gasteiger partial charge is 0.384 e. The minimum Gasteiger partial charge on any atom is -0.384 e. The number of methoxy groups -OCH3 is 1. The molecule has 2 aliphatic rings. The lowest BCUT2D eigenvalue weighted by Gasteiger charge is -2.30. The van der Waals surface area contributed by atoms with Crippen LogP contribution < -0.4 is 10.6 Å². The van der Waals surface area contributed by atoms with E-state index in [1.807, 2.05) is 0 Å². The molecule has 0 bridgehead atoms. The molecule has 1 saturated heterocycles. The van der Waals surface area contributed by atoms with Crippen molar-refractivity contribution in [2.24, 2.45) is 5.41 Å². The summed E-state index contributed by atoms with van der Waals surface area (Å²) >= 11 is 0. The maximum Gasteiger partial charge on any atom is 0.230 e. The molecule has 1 amide bonds. The van der Waals surface area contributed by atoms with Crippen LogP contribution in [0.5, 0.6) is 0 Å². The van der Waals surface area contributed by atoms with Crippen molar-refractivity contribution in [3.8, 4) is 0 Å². The van der Waals surface area contributed by atoms with Crippen molar-refractivity contribution >= 4 is 5.91 Å². The Bertz CT molecular complexity index is 280. The highest BCUT2D eigenvalue weighted by Crippen LogP contribution is 2.27. The molecule has 1 atom stereocenters. The maximum atomic E-state index is 12.6. The zero-order valence-corrected chi connectivity index (χ0v) is 12.2. The first-order valence-electron chi connectivity index (χ1n) is 7.77. The molecule has 0 aromatic rings. The van der Waals surface area contributed by atoms with Gasteiger partial charge in [0, 0.05) is 19.7 Å². The molecular formula is C15H28N2O2. The van der Waals surface area contributed by atoms with Crippen molar-refractivity contribution in [1.82, 2.24) is 10.6 Å². The van der Waals surface area contributed by atoms with Crippen molar-refractivity contribution in [1.29, 1.82) is 0 Å². The number of carbonyl (C=O) groups excluding carboxylic acids is 1. The third-order valence-corrected chi connectivity index (χ3v) is 4.59. The standard InChI is InChI=1S/C15H28N2O2/c1-19-12-15(9-10-16-11-15)14(18)17-13-7-5-3-2-4-6-8-13/h13,16H,2-12H2,1H3,(H,17,18). The Morgan fingerprint density at radius 3 is 2.53 bits per heavy atom. The van der Waals surface area contributed by atoms with E-state index in [-0.39, 0.29) is 11.3 Å². The van der Waals surface area contributed by atoms with Crippen molar-refractivity contribution in [3.63, 3.8) is 0 Å². The number of ether oxygens (including phenoxy) is 1. The van der Waals surface area contributed by atoms with Crippen LogP contribution in [0.3, 0.4) is 0 Å². The first-order valence-corrected chi connectivity index (χ1v) is 7.77. The van der Waals surface area contributed by atoms with Gasteiger partial charge in [0.05, 0.1) is 12.0 Å². The number of carbonyl (C=O) groups is 1. The van der Waals surface area contributed by atoms with Gasteiger partial charge in [-0.15, -0.1) is 0 Å². The molecule has 1 unspecified atom stereocenters. The van der Waals surface area contributed by atoms with E-state index < -0.39 is 0 Å². The third kappa shape index (κ3) is 3.93. The summed E-state index contributed by atoms with van der Waals surface area (Å²) in [5, 5.41) is 6.59. The van der Waals surface area contributed by atoms with Gasteiger partial charge in [0.25, 0.3) is 0 Å². The van der Waals surface area contributed by atoms with Gasteiger partial charge in [0.1, 0.15) is 0 Å². The second-order valence-corrected chi connectivity index (χ2v) is 6.16. The van der Waals surface area contributed by atoms with Crippen LogP contribution in [-0.2, 0) is 9.53 Å². The second-order valence-electron chi connectivity index (χ2n) is 6.16. The molecule has 0 aromatic carbocycles. The smallest absolute Gasteiger partial charge is 0.230 e. The van der Waals surface area contributed by atoms with E-state index in [0.29, 0.717) is 12.6 Å². The van der Waals surface area contributed by atoms with E-state index in [4.69, 9.17) is 4.74 Å². The molecule has 19 heavy (non-hydrogen) atoms. The van der Waals surface area contributed by atoms with Crippen LogP contribution in [0.4, 0.5) is 0 Å². The van der Waals surface area contributed by atoms with Crippen LogP contribution in [0.1, 0.15) is 51.4 Å². The van der Waals surface area contributed by atoms with Crippen LogP contribution in [0.25, 0.3) is 0 Å². The number of amides is 1. The van der Waals surface area contributed by atoms with E-state index in [1.54, 1.807) is 7.11 Å². The van der Waals surface area contributed by atoms with Crippen LogP contribution in [0.2, 0.25) is 0 Å². The fourth-order valence-electron chi connectivity index (χ4n) is 3.34. The Hall–Kier alpha value is -0.610. The fourth-order valence-corrected chi connectivity index (χ4v) is 3.34. The van der Waals surface area contributed by atoms with E-state index in [0.717, 1.165) is 32.4 Å². The van der Waals surface area contributed by atoms with Crippen LogP contribution >= 0.6 is 0 Å². The molecule has 2 fully saturated rings. The minimum absolute atomic E-state index is 0.199. The normalized spacial score (nSPS) is 29.7. The summed E-state index contributed by atoms with van der Waals surface area (Å²) in [6.45, 7) is 2.19. The highest BCUT2D eigenvalue weighted by atomic mass is 16.5. The lowest BCUT2D eigenvalue weighted by Crippen LogP contribution is -2.49. The van der Waals surface area contributed by atoms with Gasteiger partial charge in [-0.25, -0.2) is 0 Å². The molecule has 110 valence electrons. The van der Waals surface area contributed by atoms with Gasteiger partial charge in [-0.1, -0.05) is 32.1 Å². The van der Waals surface area contributed by atoms with Crippen LogP contribution in [0.15, 0.2) is 0 Å². The highest BCUT2D eigenvalue weighted by molar-refractivity contribution is 5.83. The monoisotopic (exact) mass is 268 g/mol. The summed E-state index contributed by atoms with van der Waals surface area (Å²) in [5.74, 6) is 0.199. The summed E-state index contributed by atoms with van der Waals surface area (Å²) in [6.07, 6.45) is 9.66. The molecule has 0 spiro atoms. The van der Waals surface area contributed by atoms with E-state index >= 15 is 0 Å². The Morgan fingerprint density at radius 2 is 1.95 bits per heavy atom. The van der Waals surface area contributed by atoms with Crippen molar-refractivity contribution in [2.45, 2.75) is 57.4 Å². The van der Waals surface area contributed by atoms with E-state index in [1.165, 1.54) is 32.1 Å². The first-order chi connectivity index (χ1) is 9.27. The summed E-state index contributed by atoms with van der Waals surface area (Å²) < 4.78 is 5.28. The Kier molecular flexibility index (Phi) is 5.64. The molecule has 0 radical (unpaired) electrons. The van der Waals surface area contributed by atoms with Gasteiger partial charge in [-0.2, -0.15) is 0 Å². The quantitative estimate of drug-likeness (QED) is 0.818. The minimum atomic E-state index is -0.336. The summed E-state index contributed by atoms with van der Waals surface area (Å²) in [6, 6.07) is 0.377. The summed E-state index contributed by atoms with van der Waals surface area (Å²) in [4.78, 5) is 12.6. The molecule has 1 saturated carbocycles. The molecule has 4 heteroatoms. The zero-order chi connectivity index (χ0) is 13.6. The lowest BCUT2D eigenvalue weighted by molar-refractivity contribution is -0.133. The number of nitrogens with one attached hydrogen (secondary N) is 2. The summed E-state index contributed by atoms with van der Waals surface area (Å²) in [7, 11) is 1.68. The molecule has 2 N–H and O–H groups in total. The maximum absolute atomic E-state index is 12.6. The first kappa shape index (κ1) is 14.8. The van der Waals surface area contributed by atoms with Crippen molar-refractivity contribution in [2.75, 3.05) is 26.8 Å². The third-order valence-electron chi connectivity index (χ3n) is 4.59. The van der Waals surface area contributed by atoms with Crippen LogP contribution in [0, 0.1) is 5.41 Å². The van der Waals surface area contributed by atoms with Gasteiger partial charge >= 0.3 is 0 Å². The fraction of sp³-hybridized carbons (Fsp3) is 0.933. The van der Waals surface area contributed by atoms with Gasteiger partial charge in [-0.05, 0) is 25.8 Å². The van der Waals surface area contributed by atoms with Gasteiger partial charge in [0.15, 0.2) is 0 Å². The summed E-state index contributed by atoms with van der Waals surface area (Å²) in [5.41, 5.74) is -0.336. The van der Waals surface area contributed by atoms with E-state index in [2.05, 4.69) is 10.6 Å². The zero-order valence-electron chi connectivity index (χ0n) is 12.2. The molecule has 1 heterocycles. The van der Waals surface area contributed by atoms with Gasteiger partial charge in [-0.3, -0.25) is 4.79 Å². The SMILES string of the molecule is COCC1(C(=O)NC2CCCCCCC2)CCNC1. The van der Waals surface area contributed by atoms with Crippen molar-refractivity contribution in [3.05, 3.63) is 0 Å².